The van der Waals surface area contributed by atoms with Gasteiger partial charge in [-0.25, -0.2) is 0 Å². The highest BCUT2D eigenvalue weighted by Gasteiger charge is 2.33. The zero-order chi connectivity index (χ0) is 10.1. The molecule has 0 saturated carbocycles. The number of nitrogens with zero attached hydrogens (tertiary/aromatic N) is 1. The summed E-state index contributed by atoms with van der Waals surface area (Å²) in [5.41, 5.74) is 7.48. The lowest BCUT2D eigenvalue weighted by atomic mass is 9.97. The van der Waals surface area contributed by atoms with Crippen molar-refractivity contribution in [3.05, 3.63) is 12.3 Å². The molecule has 2 nitrogen and oxygen atoms in total. The molecule has 0 aromatic rings. The molecule has 0 spiro atoms. The Kier molecular flexibility index (Phi) is 3.01. The Morgan fingerprint density at radius 3 is 2.62 bits per heavy atom. The van der Waals surface area contributed by atoms with Crippen molar-refractivity contribution in [2.24, 2.45) is 11.7 Å². The second-order valence-electron chi connectivity index (χ2n) is 4.53. The third-order valence-corrected chi connectivity index (χ3v) is 3.16. The van der Waals surface area contributed by atoms with Crippen molar-refractivity contribution >= 4 is 0 Å². The maximum Gasteiger partial charge on any atom is 0.0356 e. The van der Waals surface area contributed by atoms with Crippen LogP contribution in [0, 0.1) is 5.92 Å². The number of allylic oxidation sites excluding steroid dienone is 1. The largest absolute Gasteiger partial charge is 0.373 e. The fourth-order valence-electron chi connectivity index (χ4n) is 1.79. The summed E-state index contributed by atoms with van der Waals surface area (Å²) < 4.78 is 0. The fourth-order valence-corrected chi connectivity index (χ4v) is 1.79. The molecule has 0 radical (unpaired) electrons. The van der Waals surface area contributed by atoms with Crippen LogP contribution in [-0.2, 0) is 0 Å². The highest BCUT2D eigenvalue weighted by molar-refractivity contribution is 5.05. The van der Waals surface area contributed by atoms with E-state index in [1.807, 2.05) is 0 Å². The van der Waals surface area contributed by atoms with Gasteiger partial charge in [0.1, 0.15) is 0 Å². The standard InChI is InChI=1S/C11H22N2/c1-5-11(12)6-7-13(8-11)10(4)9(2)3/h9H,4-8,12H2,1-3H3. The van der Waals surface area contributed by atoms with Gasteiger partial charge in [0.05, 0.1) is 0 Å². The first-order valence-corrected chi connectivity index (χ1v) is 5.21. The number of rotatable bonds is 3. The summed E-state index contributed by atoms with van der Waals surface area (Å²) in [5, 5.41) is 0. The lowest BCUT2D eigenvalue weighted by Gasteiger charge is -2.27. The Balaban J connectivity index is 2.55. The Morgan fingerprint density at radius 2 is 2.23 bits per heavy atom. The first kappa shape index (κ1) is 10.6. The van der Waals surface area contributed by atoms with E-state index in [0.29, 0.717) is 5.92 Å². The molecule has 13 heavy (non-hydrogen) atoms. The zero-order valence-corrected chi connectivity index (χ0v) is 9.14. The molecule has 0 aromatic carbocycles. The van der Waals surface area contributed by atoms with Gasteiger partial charge in [0.2, 0.25) is 0 Å². The van der Waals surface area contributed by atoms with Crippen molar-refractivity contribution in [3.63, 3.8) is 0 Å². The van der Waals surface area contributed by atoms with E-state index in [9.17, 15) is 0 Å². The molecule has 1 aliphatic rings. The van der Waals surface area contributed by atoms with Gasteiger partial charge in [-0.05, 0) is 18.8 Å². The predicted molar refractivity (Wildman–Crippen MR) is 57.4 cm³/mol. The van der Waals surface area contributed by atoms with Gasteiger partial charge < -0.3 is 10.6 Å². The van der Waals surface area contributed by atoms with Crippen LogP contribution in [0.4, 0.5) is 0 Å². The molecule has 1 fully saturated rings. The third-order valence-electron chi connectivity index (χ3n) is 3.16. The highest BCUT2D eigenvalue weighted by Crippen LogP contribution is 2.26. The molecule has 0 amide bonds. The van der Waals surface area contributed by atoms with Crippen LogP contribution in [-0.4, -0.2) is 23.5 Å². The zero-order valence-electron chi connectivity index (χ0n) is 9.14. The normalized spacial score (nSPS) is 28.5. The number of hydrogen-bond donors (Lipinski definition) is 1. The fraction of sp³-hybridized carbons (Fsp3) is 0.818. The summed E-state index contributed by atoms with van der Waals surface area (Å²) in [6, 6.07) is 0. The average molecular weight is 182 g/mol. The Hall–Kier alpha value is -0.500. The topological polar surface area (TPSA) is 29.3 Å². The molecule has 0 aliphatic carbocycles. The van der Waals surface area contributed by atoms with Crippen LogP contribution in [0.25, 0.3) is 0 Å². The minimum atomic E-state index is 0.0395. The summed E-state index contributed by atoms with van der Waals surface area (Å²) in [7, 11) is 0. The van der Waals surface area contributed by atoms with E-state index in [1.54, 1.807) is 0 Å². The first-order chi connectivity index (χ1) is 5.98. The first-order valence-electron chi connectivity index (χ1n) is 5.21. The highest BCUT2D eigenvalue weighted by atomic mass is 15.2. The van der Waals surface area contributed by atoms with E-state index in [2.05, 4.69) is 32.3 Å². The van der Waals surface area contributed by atoms with Gasteiger partial charge in [0.25, 0.3) is 0 Å². The van der Waals surface area contributed by atoms with E-state index < -0.39 is 0 Å². The molecule has 2 N–H and O–H groups in total. The van der Waals surface area contributed by atoms with Crippen LogP contribution >= 0.6 is 0 Å². The lowest BCUT2D eigenvalue weighted by Crippen LogP contribution is -2.41. The number of hydrogen-bond acceptors (Lipinski definition) is 2. The van der Waals surface area contributed by atoms with Crippen LogP contribution in [0.1, 0.15) is 33.6 Å². The summed E-state index contributed by atoms with van der Waals surface area (Å²) in [6.45, 7) is 12.7. The van der Waals surface area contributed by atoms with Crippen LogP contribution in [0.3, 0.4) is 0 Å². The third kappa shape index (κ3) is 2.25. The van der Waals surface area contributed by atoms with Gasteiger partial charge in [-0.1, -0.05) is 27.4 Å². The molecule has 1 heterocycles. The second kappa shape index (κ2) is 3.70. The predicted octanol–water partition coefficient (Wildman–Crippen LogP) is 1.97. The lowest BCUT2D eigenvalue weighted by molar-refractivity contribution is 0.342. The SMILES string of the molecule is C=C(C(C)C)N1CCC(N)(CC)C1. The molecule has 2 heteroatoms. The molecule has 1 saturated heterocycles. The van der Waals surface area contributed by atoms with Crippen molar-refractivity contribution in [3.8, 4) is 0 Å². The van der Waals surface area contributed by atoms with Gasteiger partial charge in [0.15, 0.2) is 0 Å². The molecule has 1 rings (SSSR count). The van der Waals surface area contributed by atoms with E-state index in [0.717, 1.165) is 25.9 Å². The number of nitrogens with two attached hydrogens (primary N) is 1. The molecule has 1 atom stereocenters. The molecule has 0 aromatic heterocycles. The minimum Gasteiger partial charge on any atom is -0.373 e. The second-order valence-corrected chi connectivity index (χ2v) is 4.53. The van der Waals surface area contributed by atoms with Gasteiger partial charge in [-0.3, -0.25) is 0 Å². The summed E-state index contributed by atoms with van der Waals surface area (Å²) in [5.74, 6) is 0.541. The molecule has 0 bridgehead atoms. The van der Waals surface area contributed by atoms with E-state index in [1.165, 1.54) is 5.70 Å². The van der Waals surface area contributed by atoms with Crippen molar-refractivity contribution < 1.29 is 0 Å². The molecule has 1 aliphatic heterocycles. The maximum atomic E-state index is 6.20. The molecular formula is C11H22N2. The van der Waals surface area contributed by atoms with Gasteiger partial charge in [0, 0.05) is 24.3 Å². The van der Waals surface area contributed by atoms with Crippen molar-refractivity contribution in [2.45, 2.75) is 39.2 Å². The summed E-state index contributed by atoms with van der Waals surface area (Å²) in [6.07, 6.45) is 2.17. The minimum absolute atomic E-state index is 0.0395. The van der Waals surface area contributed by atoms with Crippen molar-refractivity contribution in [1.29, 1.82) is 0 Å². The van der Waals surface area contributed by atoms with Crippen molar-refractivity contribution in [2.75, 3.05) is 13.1 Å². The Morgan fingerprint density at radius 1 is 1.62 bits per heavy atom. The smallest absolute Gasteiger partial charge is 0.0356 e. The van der Waals surface area contributed by atoms with Gasteiger partial charge in [-0.15, -0.1) is 0 Å². The van der Waals surface area contributed by atoms with Gasteiger partial charge in [-0.2, -0.15) is 0 Å². The van der Waals surface area contributed by atoms with Crippen LogP contribution < -0.4 is 5.73 Å². The number of likely N-dealkylation sites (tertiary alicyclic amines) is 1. The molecule has 1 unspecified atom stereocenters. The quantitative estimate of drug-likeness (QED) is 0.723. The maximum absolute atomic E-state index is 6.20. The Bertz CT molecular complexity index is 198. The van der Waals surface area contributed by atoms with Crippen LogP contribution in [0.5, 0.6) is 0 Å². The summed E-state index contributed by atoms with van der Waals surface area (Å²) in [4.78, 5) is 2.34. The monoisotopic (exact) mass is 182 g/mol. The van der Waals surface area contributed by atoms with Crippen LogP contribution in [0.2, 0.25) is 0 Å². The van der Waals surface area contributed by atoms with Crippen LogP contribution in [0.15, 0.2) is 12.3 Å². The average Bonchev–Trinajstić information content (AvgIpc) is 2.47. The summed E-state index contributed by atoms with van der Waals surface area (Å²) >= 11 is 0. The van der Waals surface area contributed by atoms with E-state index in [-0.39, 0.29) is 5.54 Å². The molecular weight excluding hydrogens is 160 g/mol. The van der Waals surface area contributed by atoms with Gasteiger partial charge >= 0.3 is 0 Å². The molecule has 76 valence electrons. The van der Waals surface area contributed by atoms with Crippen molar-refractivity contribution in [1.82, 2.24) is 4.90 Å². The Labute approximate surface area is 81.8 Å². The van der Waals surface area contributed by atoms with E-state index >= 15 is 0 Å². The van der Waals surface area contributed by atoms with E-state index in [4.69, 9.17) is 5.73 Å².